The van der Waals surface area contributed by atoms with Crippen LogP contribution in [0, 0.1) is 18.3 Å². The van der Waals surface area contributed by atoms with E-state index in [1.165, 1.54) is 0 Å². The fraction of sp³-hybridized carbons (Fsp3) is 0.321. The first kappa shape index (κ1) is 24.2. The van der Waals surface area contributed by atoms with Crippen molar-refractivity contribution in [1.82, 2.24) is 15.1 Å². The first-order valence-electron chi connectivity index (χ1n) is 12.0. The Morgan fingerprint density at radius 2 is 2.14 bits per heavy atom. The van der Waals surface area contributed by atoms with Crippen LogP contribution in [-0.2, 0) is 9.53 Å². The number of nitrogens with one attached hydrogen (secondary N) is 1. The van der Waals surface area contributed by atoms with Crippen molar-refractivity contribution in [3.63, 3.8) is 0 Å². The molecule has 4 rings (SSSR count). The van der Waals surface area contributed by atoms with Gasteiger partial charge in [-0.05, 0) is 68.2 Å². The quantitative estimate of drug-likeness (QED) is 0.357. The molecule has 2 aromatic carbocycles. The molecule has 0 bridgehead atoms. The van der Waals surface area contributed by atoms with E-state index in [4.69, 9.17) is 14.6 Å². The average molecular weight is 471 g/mol. The maximum atomic E-state index is 12.8. The normalized spacial score (nSPS) is 15.6. The monoisotopic (exact) mass is 470 g/mol. The van der Waals surface area contributed by atoms with Gasteiger partial charge in [0, 0.05) is 30.5 Å². The third-order valence-electron chi connectivity index (χ3n) is 5.87. The highest BCUT2D eigenvalue weighted by molar-refractivity contribution is 6.02. The number of hydrogen-bond acceptors (Lipinski definition) is 5. The van der Waals surface area contributed by atoms with Crippen LogP contribution >= 0.6 is 0 Å². The summed E-state index contributed by atoms with van der Waals surface area (Å²) in [5.41, 5.74) is 4.18. The van der Waals surface area contributed by atoms with Crippen LogP contribution in [0.4, 0.5) is 0 Å². The van der Waals surface area contributed by atoms with Gasteiger partial charge in [-0.1, -0.05) is 25.1 Å². The zero-order chi connectivity index (χ0) is 24.6. The number of benzene rings is 2. The molecule has 1 aromatic heterocycles. The molecule has 1 aliphatic heterocycles. The Bertz CT molecular complexity index is 1230. The Hall–Kier alpha value is -3.89. The molecule has 3 aromatic rings. The van der Waals surface area contributed by atoms with E-state index < -0.39 is 5.91 Å². The molecule has 1 N–H and O–H groups in total. The van der Waals surface area contributed by atoms with Gasteiger partial charge in [0.15, 0.2) is 0 Å². The first-order valence-corrected chi connectivity index (χ1v) is 12.0. The number of ether oxygens (including phenoxy) is 2. The minimum Gasteiger partial charge on any atom is -0.494 e. The Balaban J connectivity index is 1.69. The second-order valence-electron chi connectivity index (χ2n) is 8.55. The summed E-state index contributed by atoms with van der Waals surface area (Å²) in [6.07, 6.45) is 6.29. The van der Waals surface area contributed by atoms with E-state index in [2.05, 4.69) is 18.3 Å². The van der Waals surface area contributed by atoms with Gasteiger partial charge >= 0.3 is 0 Å². The molecular formula is C28H30N4O3. The average Bonchev–Trinajstić information content (AvgIpc) is 3.55. The molecule has 7 nitrogen and oxygen atoms in total. The van der Waals surface area contributed by atoms with E-state index in [0.717, 1.165) is 41.8 Å². The van der Waals surface area contributed by atoms with Crippen LogP contribution in [-0.4, -0.2) is 41.6 Å². The first-order chi connectivity index (χ1) is 17.1. The Labute approximate surface area is 206 Å². The van der Waals surface area contributed by atoms with Crippen LogP contribution in [0.1, 0.15) is 37.3 Å². The number of nitrogens with zero attached hydrogens (tertiary/aromatic N) is 3. The van der Waals surface area contributed by atoms with Crippen LogP contribution in [0.15, 0.2) is 60.3 Å². The van der Waals surface area contributed by atoms with Crippen molar-refractivity contribution in [2.75, 3.05) is 19.8 Å². The molecule has 1 fully saturated rings. The highest BCUT2D eigenvalue weighted by Crippen LogP contribution is 2.31. The third kappa shape index (κ3) is 5.97. The number of aryl methyl sites for hydroxylation is 1. The zero-order valence-electron chi connectivity index (χ0n) is 20.2. The van der Waals surface area contributed by atoms with E-state index in [1.807, 2.05) is 61.7 Å². The lowest BCUT2D eigenvalue weighted by Gasteiger charge is -2.10. The van der Waals surface area contributed by atoms with Gasteiger partial charge < -0.3 is 14.8 Å². The summed E-state index contributed by atoms with van der Waals surface area (Å²) in [6.45, 7) is 5.84. The fourth-order valence-corrected chi connectivity index (χ4v) is 4.04. The molecule has 0 saturated carbocycles. The van der Waals surface area contributed by atoms with Crippen molar-refractivity contribution in [3.05, 3.63) is 71.4 Å². The molecule has 0 spiro atoms. The Morgan fingerprint density at radius 3 is 2.83 bits per heavy atom. The number of para-hydroxylation sites is 1. The number of hydrogen-bond donors (Lipinski definition) is 1. The lowest BCUT2D eigenvalue weighted by atomic mass is 10.0. The topological polar surface area (TPSA) is 89.2 Å². The molecule has 7 heteroatoms. The molecule has 1 saturated heterocycles. The molecule has 0 aliphatic carbocycles. The number of carbonyl (C=O) groups excluding carboxylic acids is 1. The summed E-state index contributed by atoms with van der Waals surface area (Å²) in [5.74, 6) is 0.389. The largest absolute Gasteiger partial charge is 0.494 e. The van der Waals surface area contributed by atoms with Crippen molar-refractivity contribution in [3.8, 4) is 28.8 Å². The molecule has 0 radical (unpaired) electrons. The van der Waals surface area contributed by atoms with E-state index in [1.54, 1.807) is 10.8 Å². The Kier molecular flexibility index (Phi) is 7.96. The van der Waals surface area contributed by atoms with Crippen LogP contribution in [0.3, 0.4) is 0 Å². The molecule has 1 atom stereocenters. The van der Waals surface area contributed by atoms with Gasteiger partial charge in [0.2, 0.25) is 0 Å². The van der Waals surface area contributed by atoms with Gasteiger partial charge in [-0.3, -0.25) is 4.79 Å². The van der Waals surface area contributed by atoms with Crippen molar-refractivity contribution < 1.29 is 14.3 Å². The summed E-state index contributed by atoms with van der Waals surface area (Å²) >= 11 is 0. The summed E-state index contributed by atoms with van der Waals surface area (Å²) < 4.78 is 13.1. The van der Waals surface area contributed by atoms with Crippen LogP contribution in [0.2, 0.25) is 0 Å². The molecule has 1 amide bonds. The van der Waals surface area contributed by atoms with Crippen molar-refractivity contribution in [2.24, 2.45) is 0 Å². The lowest BCUT2D eigenvalue weighted by Crippen LogP contribution is -2.32. The van der Waals surface area contributed by atoms with E-state index >= 15 is 0 Å². The van der Waals surface area contributed by atoms with Gasteiger partial charge in [0.25, 0.3) is 5.91 Å². The van der Waals surface area contributed by atoms with Gasteiger partial charge in [0.1, 0.15) is 23.1 Å². The number of nitriles is 1. The molecule has 2 heterocycles. The molecule has 1 aliphatic rings. The van der Waals surface area contributed by atoms with Crippen molar-refractivity contribution >= 4 is 12.0 Å². The molecule has 180 valence electrons. The van der Waals surface area contributed by atoms with Crippen LogP contribution in [0.25, 0.3) is 23.0 Å². The predicted molar refractivity (Wildman–Crippen MR) is 135 cm³/mol. The second-order valence-corrected chi connectivity index (χ2v) is 8.55. The minimum atomic E-state index is -0.415. The van der Waals surface area contributed by atoms with Gasteiger partial charge in [-0.2, -0.15) is 10.4 Å². The number of rotatable bonds is 9. The van der Waals surface area contributed by atoms with Crippen molar-refractivity contribution in [1.29, 1.82) is 5.26 Å². The molecular weight excluding hydrogens is 440 g/mol. The highest BCUT2D eigenvalue weighted by Gasteiger charge is 2.19. The highest BCUT2D eigenvalue weighted by atomic mass is 16.5. The number of carbonyl (C=O) groups is 1. The second kappa shape index (κ2) is 11.5. The third-order valence-corrected chi connectivity index (χ3v) is 5.87. The van der Waals surface area contributed by atoms with Crippen molar-refractivity contribution in [2.45, 2.75) is 39.2 Å². The van der Waals surface area contributed by atoms with Gasteiger partial charge in [-0.15, -0.1) is 0 Å². The molecule has 0 unspecified atom stereocenters. The zero-order valence-corrected chi connectivity index (χ0v) is 20.2. The summed E-state index contributed by atoms with van der Waals surface area (Å²) in [7, 11) is 0. The lowest BCUT2D eigenvalue weighted by molar-refractivity contribution is -0.117. The maximum absolute atomic E-state index is 12.8. The maximum Gasteiger partial charge on any atom is 0.262 e. The summed E-state index contributed by atoms with van der Waals surface area (Å²) in [6, 6.07) is 17.7. The van der Waals surface area contributed by atoms with E-state index in [0.29, 0.717) is 31.0 Å². The SMILES string of the molecule is CCCOc1ccc(-c2nn(-c3ccccc3)cc2/C=C(\C#N)C(=O)NC[C@@H]2CCCO2)c(C)c1. The predicted octanol–water partition coefficient (Wildman–Crippen LogP) is 4.84. The Morgan fingerprint density at radius 1 is 1.31 bits per heavy atom. The van der Waals surface area contributed by atoms with Crippen LogP contribution < -0.4 is 10.1 Å². The standard InChI is InChI=1S/C28H30N4O3/c1-3-13-34-24-11-12-26(20(2)15-24)27-22(19-32(31-27)23-8-5-4-6-9-23)16-21(17-29)28(33)30-18-25-10-7-14-35-25/h4-6,8-9,11-12,15-16,19,25H,3,7,10,13-14,18H2,1-2H3,(H,30,33)/b21-16+/t25-/m0/s1. The van der Waals surface area contributed by atoms with Gasteiger partial charge in [-0.25, -0.2) is 4.68 Å². The van der Waals surface area contributed by atoms with E-state index in [-0.39, 0.29) is 11.7 Å². The molecule has 35 heavy (non-hydrogen) atoms. The number of aromatic nitrogens is 2. The fourth-order valence-electron chi connectivity index (χ4n) is 4.04. The van der Waals surface area contributed by atoms with E-state index in [9.17, 15) is 10.1 Å². The minimum absolute atomic E-state index is 0.00590. The number of amides is 1. The summed E-state index contributed by atoms with van der Waals surface area (Å²) in [5, 5.41) is 17.4. The smallest absolute Gasteiger partial charge is 0.262 e. The van der Waals surface area contributed by atoms with Gasteiger partial charge in [0.05, 0.1) is 18.4 Å². The summed E-state index contributed by atoms with van der Waals surface area (Å²) in [4.78, 5) is 12.8. The van der Waals surface area contributed by atoms with Crippen LogP contribution in [0.5, 0.6) is 5.75 Å².